The summed E-state index contributed by atoms with van der Waals surface area (Å²) in [5.74, 6) is -0.826. The summed E-state index contributed by atoms with van der Waals surface area (Å²) in [5, 5.41) is 5.08. The Morgan fingerprint density at radius 1 is 0.923 bits per heavy atom. The third-order valence-electron chi connectivity index (χ3n) is 4.32. The molecule has 0 spiro atoms. The fourth-order valence-corrected chi connectivity index (χ4v) is 3.14. The second-order valence-electron chi connectivity index (χ2n) is 6.02. The van der Waals surface area contributed by atoms with E-state index in [-0.39, 0.29) is 28.8 Å². The van der Waals surface area contributed by atoms with E-state index in [2.05, 4.69) is 5.32 Å². The molecule has 1 N–H and O–H groups in total. The van der Waals surface area contributed by atoms with Crippen LogP contribution < -0.4 is 10.7 Å². The van der Waals surface area contributed by atoms with Crippen molar-refractivity contribution in [2.24, 2.45) is 0 Å². The smallest absolute Gasteiger partial charge is 0.244 e. The van der Waals surface area contributed by atoms with Crippen molar-refractivity contribution in [1.29, 1.82) is 0 Å². The van der Waals surface area contributed by atoms with Crippen LogP contribution in [0.25, 0.3) is 21.7 Å². The van der Waals surface area contributed by atoms with Crippen molar-refractivity contribution >= 4 is 33.3 Å². The SMILES string of the molecule is O=C(Cn1ccc(=O)c2cccc(F)c21)Nc1cccc2ccccc12. The number of aromatic nitrogens is 1. The zero-order valence-electron chi connectivity index (χ0n) is 13.8. The first kappa shape index (κ1) is 16.0. The molecule has 5 heteroatoms. The monoisotopic (exact) mass is 346 g/mol. The van der Waals surface area contributed by atoms with Crippen LogP contribution in [-0.2, 0) is 11.3 Å². The minimum Gasteiger partial charge on any atom is -0.335 e. The second-order valence-corrected chi connectivity index (χ2v) is 6.02. The summed E-state index contributed by atoms with van der Waals surface area (Å²) in [7, 11) is 0. The van der Waals surface area contributed by atoms with Gasteiger partial charge in [-0.15, -0.1) is 0 Å². The molecule has 0 aliphatic heterocycles. The lowest BCUT2D eigenvalue weighted by atomic mass is 10.1. The predicted octanol–water partition coefficient (Wildman–Crippen LogP) is 3.93. The van der Waals surface area contributed by atoms with Gasteiger partial charge in [-0.25, -0.2) is 4.39 Å². The fourth-order valence-electron chi connectivity index (χ4n) is 3.14. The number of carbonyl (C=O) groups is 1. The number of nitrogens with zero attached hydrogens (tertiary/aromatic N) is 1. The van der Waals surface area contributed by atoms with E-state index in [0.717, 1.165) is 10.8 Å². The van der Waals surface area contributed by atoms with Gasteiger partial charge in [0, 0.05) is 28.7 Å². The number of pyridine rings is 1. The molecule has 4 rings (SSSR count). The average Bonchev–Trinajstić information content (AvgIpc) is 2.65. The minimum atomic E-state index is -0.529. The quantitative estimate of drug-likeness (QED) is 0.611. The number of anilines is 1. The average molecular weight is 346 g/mol. The van der Waals surface area contributed by atoms with Gasteiger partial charge in [-0.05, 0) is 23.6 Å². The molecule has 0 unspecified atom stereocenters. The lowest BCUT2D eigenvalue weighted by molar-refractivity contribution is -0.116. The van der Waals surface area contributed by atoms with E-state index in [1.807, 2.05) is 42.5 Å². The van der Waals surface area contributed by atoms with Crippen LogP contribution in [0.1, 0.15) is 0 Å². The molecule has 0 atom stereocenters. The fraction of sp³-hybridized carbons (Fsp3) is 0.0476. The van der Waals surface area contributed by atoms with E-state index >= 15 is 0 Å². The van der Waals surface area contributed by atoms with Crippen LogP contribution in [0.15, 0.2) is 77.7 Å². The lowest BCUT2D eigenvalue weighted by Crippen LogP contribution is -2.21. The largest absolute Gasteiger partial charge is 0.335 e. The summed E-state index contributed by atoms with van der Waals surface area (Å²) >= 11 is 0. The summed E-state index contributed by atoms with van der Waals surface area (Å²) < 4.78 is 15.7. The van der Waals surface area contributed by atoms with E-state index < -0.39 is 5.82 Å². The number of carbonyl (C=O) groups excluding carboxylic acids is 1. The molecule has 0 saturated heterocycles. The maximum absolute atomic E-state index is 14.2. The normalized spacial score (nSPS) is 11.0. The molecule has 4 nitrogen and oxygen atoms in total. The summed E-state index contributed by atoms with van der Waals surface area (Å²) in [6.07, 6.45) is 1.44. The summed E-state index contributed by atoms with van der Waals surface area (Å²) in [6.45, 7) is -0.0963. The van der Waals surface area contributed by atoms with Crippen molar-refractivity contribution in [3.8, 4) is 0 Å². The third-order valence-corrected chi connectivity index (χ3v) is 4.32. The number of fused-ring (bicyclic) bond motifs is 2. The van der Waals surface area contributed by atoms with Crippen molar-refractivity contribution in [2.75, 3.05) is 5.32 Å². The van der Waals surface area contributed by atoms with Crippen molar-refractivity contribution in [3.63, 3.8) is 0 Å². The van der Waals surface area contributed by atoms with Gasteiger partial charge in [0.2, 0.25) is 5.91 Å². The van der Waals surface area contributed by atoms with Crippen molar-refractivity contribution < 1.29 is 9.18 Å². The number of hydrogen-bond donors (Lipinski definition) is 1. The molecule has 0 fully saturated rings. The number of halogens is 1. The second kappa shape index (κ2) is 6.44. The number of amides is 1. The molecule has 1 heterocycles. The van der Waals surface area contributed by atoms with E-state index in [0.29, 0.717) is 5.69 Å². The Hall–Kier alpha value is -3.47. The molecule has 0 aliphatic carbocycles. The van der Waals surface area contributed by atoms with Crippen LogP contribution in [0.3, 0.4) is 0 Å². The first-order valence-corrected chi connectivity index (χ1v) is 8.19. The Balaban J connectivity index is 1.68. The van der Waals surface area contributed by atoms with Crippen LogP contribution in [0, 0.1) is 5.82 Å². The number of rotatable bonds is 3. The number of para-hydroxylation sites is 1. The number of hydrogen-bond acceptors (Lipinski definition) is 2. The molecular formula is C21H15FN2O2. The Kier molecular flexibility index (Phi) is 3.97. The van der Waals surface area contributed by atoms with Crippen LogP contribution in [-0.4, -0.2) is 10.5 Å². The highest BCUT2D eigenvalue weighted by atomic mass is 19.1. The highest BCUT2D eigenvalue weighted by Crippen LogP contribution is 2.23. The Labute approximate surface area is 148 Å². The van der Waals surface area contributed by atoms with Crippen molar-refractivity contribution in [3.05, 3.63) is 89.0 Å². The standard InChI is InChI=1S/C21H15FN2O2/c22-17-9-4-8-16-19(25)11-12-24(21(16)17)13-20(26)23-18-10-3-6-14-5-1-2-7-15(14)18/h1-12H,13H2,(H,23,26). The van der Waals surface area contributed by atoms with Gasteiger partial charge in [0.1, 0.15) is 12.4 Å². The van der Waals surface area contributed by atoms with Crippen LogP contribution in [0.4, 0.5) is 10.1 Å². The molecule has 3 aromatic carbocycles. The molecule has 0 radical (unpaired) electrons. The van der Waals surface area contributed by atoms with Crippen LogP contribution in [0.5, 0.6) is 0 Å². The minimum absolute atomic E-state index is 0.0963. The Bertz CT molecular complexity index is 1190. The summed E-state index contributed by atoms with van der Waals surface area (Å²) in [4.78, 5) is 24.5. The molecule has 0 bridgehead atoms. The van der Waals surface area contributed by atoms with Gasteiger partial charge in [0.15, 0.2) is 5.43 Å². The van der Waals surface area contributed by atoms with Gasteiger partial charge in [-0.3, -0.25) is 9.59 Å². The maximum Gasteiger partial charge on any atom is 0.244 e. The van der Waals surface area contributed by atoms with Gasteiger partial charge in [0.05, 0.1) is 5.52 Å². The van der Waals surface area contributed by atoms with E-state index in [4.69, 9.17) is 0 Å². The molecular weight excluding hydrogens is 331 g/mol. The zero-order valence-corrected chi connectivity index (χ0v) is 13.8. The Morgan fingerprint density at radius 2 is 1.65 bits per heavy atom. The Morgan fingerprint density at radius 3 is 2.54 bits per heavy atom. The summed E-state index contributed by atoms with van der Waals surface area (Å²) in [6, 6.07) is 19.1. The molecule has 0 saturated carbocycles. The highest BCUT2D eigenvalue weighted by molar-refractivity contribution is 6.02. The third kappa shape index (κ3) is 2.84. The maximum atomic E-state index is 14.2. The van der Waals surface area contributed by atoms with E-state index in [1.165, 1.54) is 29.0 Å². The number of benzene rings is 3. The first-order valence-electron chi connectivity index (χ1n) is 8.19. The van der Waals surface area contributed by atoms with E-state index in [1.54, 1.807) is 6.07 Å². The van der Waals surface area contributed by atoms with Crippen LogP contribution >= 0.6 is 0 Å². The zero-order chi connectivity index (χ0) is 18.1. The van der Waals surface area contributed by atoms with E-state index in [9.17, 15) is 14.0 Å². The van der Waals surface area contributed by atoms with Gasteiger partial charge in [-0.2, -0.15) is 0 Å². The number of nitrogens with one attached hydrogen (secondary N) is 1. The van der Waals surface area contributed by atoms with Gasteiger partial charge < -0.3 is 9.88 Å². The molecule has 1 aromatic heterocycles. The van der Waals surface area contributed by atoms with Gasteiger partial charge in [-0.1, -0.05) is 42.5 Å². The summed E-state index contributed by atoms with van der Waals surface area (Å²) in [5.41, 5.74) is 0.553. The topological polar surface area (TPSA) is 51.1 Å². The van der Waals surface area contributed by atoms with Gasteiger partial charge >= 0.3 is 0 Å². The molecule has 0 aliphatic rings. The first-order chi connectivity index (χ1) is 12.6. The highest BCUT2D eigenvalue weighted by Gasteiger charge is 2.11. The lowest BCUT2D eigenvalue weighted by Gasteiger charge is -2.13. The van der Waals surface area contributed by atoms with Gasteiger partial charge in [0.25, 0.3) is 0 Å². The predicted molar refractivity (Wildman–Crippen MR) is 101 cm³/mol. The van der Waals surface area contributed by atoms with Crippen molar-refractivity contribution in [2.45, 2.75) is 6.54 Å². The van der Waals surface area contributed by atoms with Crippen LogP contribution in [0.2, 0.25) is 0 Å². The van der Waals surface area contributed by atoms with Crippen molar-refractivity contribution in [1.82, 2.24) is 4.57 Å². The molecule has 26 heavy (non-hydrogen) atoms. The molecule has 4 aromatic rings. The molecule has 128 valence electrons. The molecule has 1 amide bonds.